The van der Waals surface area contributed by atoms with Crippen LogP contribution in [0.2, 0.25) is 0 Å². The summed E-state index contributed by atoms with van der Waals surface area (Å²) in [7, 11) is 0. The molecule has 2 atom stereocenters. The molecule has 2 unspecified atom stereocenters. The van der Waals surface area contributed by atoms with Gasteiger partial charge in [-0.15, -0.1) is 0 Å². The van der Waals surface area contributed by atoms with Gasteiger partial charge in [-0.2, -0.15) is 4.98 Å². The minimum atomic E-state index is -0.0447. The molecule has 0 aliphatic heterocycles. The summed E-state index contributed by atoms with van der Waals surface area (Å²) in [6.07, 6.45) is 6.53. The first-order valence-corrected chi connectivity index (χ1v) is 10.0. The van der Waals surface area contributed by atoms with E-state index in [9.17, 15) is 4.79 Å². The van der Waals surface area contributed by atoms with Crippen LogP contribution in [0.1, 0.15) is 49.3 Å². The second-order valence-corrected chi connectivity index (χ2v) is 8.06. The van der Waals surface area contributed by atoms with Gasteiger partial charge in [0.1, 0.15) is 5.82 Å². The molecule has 29 heavy (non-hydrogen) atoms. The molecule has 150 valence electrons. The van der Waals surface area contributed by atoms with Crippen molar-refractivity contribution in [2.24, 2.45) is 5.92 Å². The van der Waals surface area contributed by atoms with Crippen molar-refractivity contribution in [2.45, 2.75) is 46.1 Å². The lowest BCUT2D eigenvalue weighted by atomic mass is 10.1. The number of rotatable bonds is 6. The van der Waals surface area contributed by atoms with E-state index in [2.05, 4.69) is 27.1 Å². The Morgan fingerprint density at radius 2 is 2.00 bits per heavy atom. The van der Waals surface area contributed by atoms with Crippen LogP contribution in [-0.2, 0) is 0 Å². The molecular weight excluding hydrogens is 364 g/mol. The largest absolute Gasteiger partial charge is 0.477 e. The second-order valence-electron chi connectivity index (χ2n) is 8.06. The van der Waals surface area contributed by atoms with E-state index in [-0.39, 0.29) is 11.6 Å². The maximum absolute atomic E-state index is 12.4. The first-order valence-electron chi connectivity index (χ1n) is 10.0. The van der Waals surface area contributed by atoms with Crippen LogP contribution >= 0.6 is 0 Å². The van der Waals surface area contributed by atoms with Gasteiger partial charge in [-0.3, -0.25) is 9.78 Å². The summed E-state index contributed by atoms with van der Waals surface area (Å²) in [5.41, 5.74) is 3.77. The predicted octanol–water partition coefficient (Wildman–Crippen LogP) is 4.08. The molecule has 0 amide bonds. The SMILES string of the molecule is Cc1ccc(C2CC2COc2nc(C)ncc2-c2ccn(C(C)C)c(=O)c2)nc1. The second kappa shape index (κ2) is 7.78. The number of nitrogens with zero attached hydrogens (tertiary/aromatic N) is 4. The molecule has 6 heteroatoms. The van der Waals surface area contributed by atoms with Crippen molar-refractivity contribution >= 4 is 0 Å². The van der Waals surface area contributed by atoms with E-state index in [4.69, 9.17) is 4.74 Å². The van der Waals surface area contributed by atoms with Crippen molar-refractivity contribution < 1.29 is 4.74 Å². The van der Waals surface area contributed by atoms with E-state index in [1.54, 1.807) is 16.8 Å². The molecule has 1 aliphatic rings. The van der Waals surface area contributed by atoms with Gasteiger partial charge < -0.3 is 9.30 Å². The summed E-state index contributed by atoms with van der Waals surface area (Å²) >= 11 is 0. The molecule has 0 N–H and O–H groups in total. The molecule has 0 saturated heterocycles. The molecule has 4 rings (SSSR count). The lowest BCUT2D eigenvalue weighted by Gasteiger charge is -2.13. The van der Waals surface area contributed by atoms with Crippen molar-refractivity contribution in [1.29, 1.82) is 0 Å². The average Bonchev–Trinajstić information content (AvgIpc) is 3.46. The third-order valence-corrected chi connectivity index (χ3v) is 5.36. The Balaban J connectivity index is 1.51. The Hall–Kier alpha value is -3.02. The van der Waals surface area contributed by atoms with Crippen LogP contribution in [0.5, 0.6) is 5.88 Å². The third kappa shape index (κ3) is 4.21. The molecule has 3 aromatic rings. The van der Waals surface area contributed by atoms with E-state index in [1.165, 1.54) is 5.56 Å². The van der Waals surface area contributed by atoms with Crippen molar-refractivity contribution in [1.82, 2.24) is 19.5 Å². The summed E-state index contributed by atoms with van der Waals surface area (Å²) in [5.74, 6) is 2.05. The fourth-order valence-electron chi connectivity index (χ4n) is 3.52. The molecule has 0 radical (unpaired) electrons. The van der Waals surface area contributed by atoms with Crippen LogP contribution in [0.25, 0.3) is 11.1 Å². The van der Waals surface area contributed by atoms with Gasteiger partial charge in [-0.1, -0.05) is 6.07 Å². The number of ether oxygens (including phenoxy) is 1. The number of hydrogen-bond acceptors (Lipinski definition) is 5. The summed E-state index contributed by atoms with van der Waals surface area (Å²) in [6, 6.07) is 7.85. The minimum absolute atomic E-state index is 0.0447. The fraction of sp³-hybridized carbons (Fsp3) is 0.391. The monoisotopic (exact) mass is 390 g/mol. The van der Waals surface area contributed by atoms with E-state index in [0.29, 0.717) is 30.1 Å². The van der Waals surface area contributed by atoms with Gasteiger partial charge >= 0.3 is 0 Å². The van der Waals surface area contributed by atoms with Crippen LogP contribution in [0.4, 0.5) is 0 Å². The fourth-order valence-corrected chi connectivity index (χ4v) is 3.52. The Kier molecular flexibility index (Phi) is 5.18. The Labute approximate surface area is 170 Å². The topological polar surface area (TPSA) is 69.9 Å². The molecule has 3 aromatic heterocycles. The third-order valence-electron chi connectivity index (χ3n) is 5.36. The Morgan fingerprint density at radius 1 is 1.17 bits per heavy atom. The molecule has 0 bridgehead atoms. The van der Waals surface area contributed by atoms with Gasteiger partial charge in [0.2, 0.25) is 5.88 Å². The van der Waals surface area contributed by atoms with E-state index < -0.39 is 0 Å². The minimum Gasteiger partial charge on any atom is -0.477 e. The van der Waals surface area contributed by atoms with Crippen LogP contribution in [0.3, 0.4) is 0 Å². The Morgan fingerprint density at radius 3 is 2.69 bits per heavy atom. The van der Waals surface area contributed by atoms with Gasteiger partial charge in [0.15, 0.2) is 0 Å². The van der Waals surface area contributed by atoms with Crippen LogP contribution in [0, 0.1) is 19.8 Å². The molecule has 1 fully saturated rings. The molecule has 6 nitrogen and oxygen atoms in total. The number of aryl methyl sites for hydroxylation is 2. The summed E-state index contributed by atoms with van der Waals surface area (Å²) in [4.78, 5) is 25.7. The number of hydrogen-bond donors (Lipinski definition) is 0. The van der Waals surface area contributed by atoms with E-state index >= 15 is 0 Å². The Bertz CT molecular complexity index is 1070. The maximum Gasteiger partial charge on any atom is 0.251 e. The van der Waals surface area contributed by atoms with Gasteiger partial charge in [-0.25, -0.2) is 4.98 Å². The van der Waals surface area contributed by atoms with Crippen molar-refractivity contribution in [3.63, 3.8) is 0 Å². The maximum atomic E-state index is 12.4. The molecule has 1 saturated carbocycles. The standard InChI is InChI=1S/C23H26N4O2/c1-14(2)27-8-7-17(10-22(27)28)20-12-24-16(4)26-23(20)29-13-18-9-19(18)21-6-5-15(3)11-25-21/h5-8,10-12,14,18-19H,9,13H2,1-4H3. The molecular formula is C23H26N4O2. The molecule has 1 aliphatic carbocycles. The number of aromatic nitrogens is 4. The normalized spacial score (nSPS) is 18.1. The zero-order chi connectivity index (χ0) is 20.5. The predicted molar refractivity (Wildman–Crippen MR) is 112 cm³/mol. The summed E-state index contributed by atoms with van der Waals surface area (Å²) in [5, 5.41) is 0. The lowest BCUT2D eigenvalue weighted by molar-refractivity contribution is 0.285. The highest BCUT2D eigenvalue weighted by atomic mass is 16.5. The van der Waals surface area contributed by atoms with Crippen molar-refractivity contribution in [2.75, 3.05) is 6.61 Å². The smallest absolute Gasteiger partial charge is 0.251 e. The first-order chi connectivity index (χ1) is 13.9. The summed E-state index contributed by atoms with van der Waals surface area (Å²) in [6.45, 7) is 8.43. The zero-order valence-electron chi connectivity index (χ0n) is 17.3. The van der Waals surface area contributed by atoms with Gasteiger partial charge in [-0.05, 0) is 57.4 Å². The quantitative estimate of drug-likeness (QED) is 0.634. The van der Waals surface area contributed by atoms with Crippen molar-refractivity contribution in [3.8, 4) is 17.0 Å². The van der Waals surface area contributed by atoms with E-state index in [0.717, 1.165) is 23.2 Å². The highest BCUT2D eigenvalue weighted by molar-refractivity contribution is 5.67. The summed E-state index contributed by atoms with van der Waals surface area (Å²) < 4.78 is 7.80. The highest BCUT2D eigenvalue weighted by Crippen LogP contribution is 2.47. The molecule has 0 aromatic carbocycles. The van der Waals surface area contributed by atoms with Gasteiger partial charge in [0, 0.05) is 48.2 Å². The number of pyridine rings is 2. The zero-order valence-corrected chi connectivity index (χ0v) is 17.3. The van der Waals surface area contributed by atoms with Gasteiger partial charge in [0.25, 0.3) is 5.56 Å². The highest BCUT2D eigenvalue weighted by Gasteiger charge is 2.40. The van der Waals surface area contributed by atoms with Crippen molar-refractivity contribution in [3.05, 3.63) is 70.3 Å². The van der Waals surface area contributed by atoms with Crippen LogP contribution in [-0.4, -0.2) is 26.1 Å². The lowest BCUT2D eigenvalue weighted by Crippen LogP contribution is -2.20. The van der Waals surface area contributed by atoms with Crippen LogP contribution < -0.4 is 10.3 Å². The van der Waals surface area contributed by atoms with Gasteiger partial charge in [0.05, 0.1) is 12.2 Å². The molecule has 3 heterocycles. The molecule has 0 spiro atoms. The average molecular weight is 390 g/mol. The van der Waals surface area contributed by atoms with E-state index in [1.807, 2.05) is 46.2 Å². The van der Waals surface area contributed by atoms with Crippen LogP contribution in [0.15, 0.2) is 47.7 Å². The first kappa shape index (κ1) is 19.3.